The lowest BCUT2D eigenvalue weighted by Crippen LogP contribution is -2.40. The lowest BCUT2D eigenvalue weighted by atomic mass is 10.0. The Balaban J connectivity index is 4.16. The van der Waals surface area contributed by atoms with Crippen LogP contribution in [-0.4, -0.2) is 87.4 Å². The molecule has 0 radical (unpaired) electrons. The highest BCUT2D eigenvalue weighted by Gasteiger charge is 2.25. The molecule has 0 heterocycles. The van der Waals surface area contributed by atoms with E-state index in [0.29, 0.717) is 23.9 Å². The zero-order valence-corrected chi connectivity index (χ0v) is 53.2. The van der Waals surface area contributed by atoms with Crippen LogP contribution in [-0.2, 0) is 33.3 Å². The predicted molar refractivity (Wildman–Crippen MR) is 345 cm³/mol. The highest BCUT2D eigenvalue weighted by molar-refractivity contribution is 5.71. The summed E-state index contributed by atoms with van der Waals surface area (Å²) in [4.78, 5) is 37.6. The van der Waals surface area contributed by atoms with Crippen molar-refractivity contribution in [2.24, 2.45) is 0 Å². The zero-order valence-electron chi connectivity index (χ0n) is 53.2. The summed E-state index contributed by atoms with van der Waals surface area (Å²) in [5, 5.41) is 9.73. The normalized spacial score (nSPS) is 13.3. The zero-order chi connectivity index (χ0) is 59.1. The number of unbranched alkanes of at least 4 members (excludes halogenated alkanes) is 30. The molecule has 0 aromatic carbocycles. The molecule has 0 saturated carbocycles. The molecular formula is C72H126NO8+. The predicted octanol–water partition coefficient (Wildman–Crippen LogP) is 20.5. The number of allylic oxidation sites excluding steroid dienone is 16. The van der Waals surface area contributed by atoms with Crippen LogP contribution in [0.25, 0.3) is 0 Å². The molecule has 2 unspecified atom stereocenters. The molecule has 0 aliphatic rings. The van der Waals surface area contributed by atoms with Crippen molar-refractivity contribution < 1.29 is 42.9 Å². The number of carbonyl (C=O) groups excluding carboxylic acids is 2. The number of hydrogen-bond donors (Lipinski definition) is 1. The molecule has 1 N–H and O–H groups in total. The molecule has 0 aromatic heterocycles. The van der Waals surface area contributed by atoms with E-state index >= 15 is 0 Å². The molecule has 0 aromatic rings. The van der Waals surface area contributed by atoms with Crippen molar-refractivity contribution in [1.29, 1.82) is 0 Å². The minimum Gasteiger partial charge on any atom is -0.477 e. The lowest BCUT2D eigenvalue weighted by Gasteiger charge is -2.25. The second-order valence-corrected chi connectivity index (χ2v) is 23.4. The molecule has 0 rings (SSSR count). The van der Waals surface area contributed by atoms with Gasteiger partial charge in [0.25, 0.3) is 6.29 Å². The maximum absolute atomic E-state index is 12.9. The first kappa shape index (κ1) is 77.2. The van der Waals surface area contributed by atoms with Gasteiger partial charge in [-0.25, -0.2) is 4.79 Å². The summed E-state index contributed by atoms with van der Waals surface area (Å²) in [7, 11) is 5.97. The average molecular weight is 1130 g/mol. The van der Waals surface area contributed by atoms with Gasteiger partial charge in [-0.1, -0.05) is 291 Å². The van der Waals surface area contributed by atoms with Crippen molar-refractivity contribution in [3.8, 4) is 0 Å². The maximum Gasteiger partial charge on any atom is 0.361 e. The Bertz CT molecular complexity index is 1650. The summed E-state index contributed by atoms with van der Waals surface area (Å²) in [6.07, 6.45) is 82.2. The second kappa shape index (κ2) is 62.3. The van der Waals surface area contributed by atoms with E-state index < -0.39 is 24.3 Å². The van der Waals surface area contributed by atoms with Gasteiger partial charge in [0.15, 0.2) is 6.10 Å². The molecule has 0 aliphatic carbocycles. The Labute approximate surface area is 499 Å². The number of quaternary nitrogens is 1. The van der Waals surface area contributed by atoms with Crippen molar-refractivity contribution in [3.63, 3.8) is 0 Å². The van der Waals surface area contributed by atoms with Gasteiger partial charge in [0.2, 0.25) is 0 Å². The molecule has 2 atom stereocenters. The number of nitrogens with zero attached hydrogens (tertiary/aromatic N) is 1. The number of esters is 2. The van der Waals surface area contributed by atoms with Gasteiger partial charge in [0, 0.05) is 12.8 Å². The summed E-state index contributed by atoms with van der Waals surface area (Å²) in [6, 6.07) is 0. The van der Waals surface area contributed by atoms with Crippen LogP contribution in [0.1, 0.15) is 284 Å². The molecule has 81 heavy (non-hydrogen) atoms. The van der Waals surface area contributed by atoms with Gasteiger partial charge in [-0.2, -0.15) is 0 Å². The van der Waals surface area contributed by atoms with E-state index in [2.05, 4.69) is 111 Å². The van der Waals surface area contributed by atoms with Gasteiger partial charge in [-0.3, -0.25) is 9.59 Å². The molecule has 9 heteroatoms. The molecule has 0 fully saturated rings. The standard InChI is InChI=1S/C72H125NO8/c1-6-8-10-12-14-16-18-20-22-24-26-28-29-30-31-32-33-34-35-36-37-38-39-40-41-43-45-47-49-51-53-55-57-59-61-63-70(75)81-68(67-80-72(71(76)77)78-65-64-73(3,4)5)66-79-69(74)62-60-58-56-54-52-50-48-46-44-42-27-25-23-21-19-17-15-13-11-9-7-2/h8,10,14,16,20,22,26,28,30-31,33-34,36-37,39-40,68,72H,6-7,9,11-13,15,17-19,21,23-25,27,29,32,35,38,41-67H2,1-5H3/p+1/b10-8-,16-14-,22-20-,28-26-,31-30-,34-33-,37-36-,40-39-. The molecule has 9 nitrogen and oxygen atoms in total. The van der Waals surface area contributed by atoms with Crippen LogP contribution in [0.15, 0.2) is 97.2 Å². The van der Waals surface area contributed by atoms with E-state index in [1.807, 2.05) is 21.1 Å². The Hall–Kier alpha value is -3.79. The van der Waals surface area contributed by atoms with Crippen LogP contribution < -0.4 is 0 Å². The largest absolute Gasteiger partial charge is 0.477 e. The van der Waals surface area contributed by atoms with Crippen molar-refractivity contribution in [2.45, 2.75) is 296 Å². The fourth-order valence-electron chi connectivity index (χ4n) is 9.27. The van der Waals surface area contributed by atoms with Crippen LogP contribution in [0.4, 0.5) is 0 Å². The van der Waals surface area contributed by atoms with Crippen LogP contribution in [0, 0.1) is 0 Å². The fraction of sp³-hybridized carbons (Fsp3) is 0.736. The summed E-state index contributed by atoms with van der Waals surface area (Å²) < 4.78 is 23.0. The minimum absolute atomic E-state index is 0.184. The highest BCUT2D eigenvalue weighted by Crippen LogP contribution is 2.17. The molecule has 0 amide bonds. The third kappa shape index (κ3) is 63.6. The number of rotatable bonds is 61. The van der Waals surface area contributed by atoms with E-state index in [0.717, 1.165) is 96.3 Å². The number of carboxylic acid groups (broad SMARTS) is 1. The number of likely N-dealkylation sites (N-methyl/N-ethyl adjacent to an activating group) is 1. The van der Waals surface area contributed by atoms with E-state index in [4.69, 9.17) is 18.9 Å². The molecule has 0 spiro atoms. The number of aliphatic carboxylic acids is 1. The number of carboxylic acids is 1. The number of hydrogen-bond acceptors (Lipinski definition) is 7. The Morgan fingerprint density at radius 3 is 1.05 bits per heavy atom. The van der Waals surface area contributed by atoms with Gasteiger partial charge in [0.05, 0.1) is 34.4 Å². The van der Waals surface area contributed by atoms with Crippen molar-refractivity contribution in [1.82, 2.24) is 0 Å². The summed E-state index contributed by atoms with van der Waals surface area (Å²) in [5.41, 5.74) is 0. The Morgan fingerprint density at radius 1 is 0.383 bits per heavy atom. The monoisotopic (exact) mass is 1130 g/mol. The second-order valence-electron chi connectivity index (χ2n) is 23.4. The van der Waals surface area contributed by atoms with Crippen LogP contribution in [0.5, 0.6) is 0 Å². The minimum atomic E-state index is -1.51. The first-order valence-electron chi connectivity index (χ1n) is 33.4. The van der Waals surface area contributed by atoms with Crippen molar-refractivity contribution in [3.05, 3.63) is 97.2 Å². The van der Waals surface area contributed by atoms with E-state index in [1.165, 1.54) is 154 Å². The third-order valence-electron chi connectivity index (χ3n) is 14.4. The van der Waals surface area contributed by atoms with Gasteiger partial charge >= 0.3 is 17.9 Å². The lowest BCUT2D eigenvalue weighted by molar-refractivity contribution is -0.870. The molecule has 466 valence electrons. The van der Waals surface area contributed by atoms with Crippen LogP contribution >= 0.6 is 0 Å². The maximum atomic E-state index is 12.9. The van der Waals surface area contributed by atoms with Gasteiger partial charge < -0.3 is 28.5 Å². The molecule has 0 aliphatic heterocycles. The van der Waals surface area contributed by atoms with Gasteiger partial charge in [-0.15, -0.1) is 0 Å². The van der Waals surface area contributed by atoms with E-state index in [-0.39, 0.29) is 32.2 Å². The highest BCUT2D eigenvalue weighted by atomic mass is 16.7. The number of ether oxygens (including phenoxy) is 4. The smallest absolute Gasteiger partial charge is 0.361 e. The SMILES string of the molecule is CC/C=C\C/C=C\C/C=C\C/C=C\C/C=C\C/C=C\C/C=C\C/C=C\CCCCCCCCCCCCC(=O)OC(COC(=O)CCCCCCCCCCCCCCCCCCCCCCC)COC(OCC[N+](C)(C)C)C(=O)O. The summed E-state index contributed by atoms with van der Waals surface area (Å²) in [5.74, 6) is -2.00. The Morgan fingerprint density at radius 2 is 0.704 bits per heavy atom. The van der Waals surface area contributed by atoms with E-state index in [9.17, 15) is 19.5 Å². The fourth-order valence-corrected chi connectivity index (χ4v) is 9.27. The van der Waals surface area contributed by atoms with Crippen molar-refractivity contribution in [2.75, 3.05) is 47.5 Å². The number of carbonyl (C=O) groups is 3. The quantitative estimate of drug-likeness (QED) is 0.0211. The summed E-state index contributed by atoms with van der Waals surface area (Å²) >= 11 is 0. The van der Waals surface area contributed by atoms with Gasteiger partial charge in [-0.05, 0) is 77.0 Å². The van der Waals surface area contributed by atoms with Crippen LogP contribution in [0.3, 0.4) is 0 Å². The Kier molecular flexibility index (Phi) is 59.3. The topological polar surface area (TPSA) is 108 Å². The third-order valence-corrected chi connectivity index (χ3v) is 14.4. The van der Waals surface area contributed by atoms with E-state index in [1.54, 1.807) is 0 Å². The first-order valence-corrected chi connectivity index (χ1v) is 33.4. The van der Waals surface area contributed by atoms with Crippen molar-refractivity contribution >= 4 is 17.9 Å². The van der Waals surface area contributed by atoms with Gasteiger partial charge in [0.1, 0.15) is 13.2 Å². The van der Waals surface area contributed by atoms with Crippen LogP contribution in [0.2, 0.25) is 0 Å². The molecule has 0 bridgehead atoms. The first-order chi connectivity index (χ1) is 39.6. The molecular weight excluding hydrogens is 1010 g/mol. The molecule has 0 saturated heterocycles. The average Bonchev–Trinajstić information content (AvgIpc) is 3.44. The summed E-state index contributed by atoms with van der Waals surface area (Å²) in [6.45, 7) is 4.79.